The topological polar surface area (TPSA) is 76.1 Å². The number of para-hydroxylation sites is 2. The molecule has 0 aliphatic heterocycles. The van der Waals surface area contributed by atoms with Crippen molar-refractivity contribution in [2.75, 3.05) is 23.8 Å². The van der Waals surface area contributed by atoms with E-state index in [0.29, 0.717) is 24.0 Å². The summed E-state index contributed by atoms with van der Waals surface area (Å²) in [7, 11) is 0. The summed E-state index contributed by atoms with van der Waals surface area (Å²) in [4.78, 5) is 12.4. The number of carbonyl (C=O) groups is 1. The molecule has 1 atom stereocenters. The van der Waals surface area contributed by atoms with Gasteiger partial charge in [-0.15, -0.1) is 10.2 Å². The van der Waals surface area contributed by atoms with Gasteiger partial charge in [0.1, 0.15) is 5.75 Å². The maximum atomic E-state index is 12.4. The highest BCUT2D eigenvalue weighted by atomic mass is 32.2. The highest BCUT2D eigenvalue weighted by Gasteiger charge is 2.18. The molecule has 0 bridgehead atoms. The van der Waals surface area contributed by atoms with E-state index in [4.69, 9.17) is 4.74 Å². The highest BCUT2D eigenvalue weighted by Crippen LogP contribution is 2.30. The number of nitrogens with one attached hydrogen (secondary N) is 2. The molecule has 1 unspecified atom stereocenters. The third kappa shape index (κ3) is 6.21. The minimum Gasteiger partial charge on any atom is -0.492 e. The van der Waals surface area contributed by atoms with Crippen LogP contribution in [0, 0.1) is 5.92 Å². The van der Waals surface area contributed by atoms with Crippen LogP contribution in [0.3, 0.4) is 0 Å². The molecule has 2 aromatic rings. The van der Waals surface area contributed by atoms with E-state index in [1.807, 2.05) is 38.1 Å². The van der Waals surface area contributed by atoms with E-state index in [1.54, 1.807) is 0 Å². The molecule has 136 valence electrons. The van der Waals surface area contributed by atoms with Gasteiger partial charge >= 0.3 is 0 Å². The van der Waals surface area contributed by atoms with Crippen LogP contribution in [0.4, 0.5) is 10.8 Å². The van der Waals surface area contributed by atoms with Gasteiger partial charge in [-0.3, -0.25) is 4.79 Å². The molecule has 1 aromatic heterocycles. The Morgan fingerprint density at radius 3 is 2.76 bits per heavy atom. The first kappa shape index (κ1) is 19.5. The van der Waals surface area contributed by atoms with Crippen molar-refractivity contribution < 1.29 is 9.53 Å². The molecule has 1 aromatic carbocycles. The predicted octanol–water partition coefficient (Wildman–Crippen LogP) is 4.12. The zero-order chi connectivity index (χ0) is 18.2. The summed E-state index contributed by atoms with van der Waals surface area (Å²) in [6, 6.07) is 7.42. The molecule has 6 nitrogen and oxygen atoms in total. The van der Waals surface area contributed by atoms with Crippen molar-refractivity contribution >= 4 is 39.8 Å². The van der Waals surface area contributed by atoms with Crippen molar-refractivity contribution in [2.24, 2.45) is 5.92 Å². The lowest BCUT2D eigenvalue weighted by atomic mass is 10.2. The summed E-state index contributed by atoms with van der Waals surface area (Å²) < 4.78 is 6.31. The molecule has 25 heavy (non-hydrogen) atoms. The number of rotatable bonds is 9. The monoisotopic (exact) mass is 380 g/mol. The summed E-state index contributed by atoms with van der Waals surface area (Å²) >= 11 is 2.86. The number of hydrogen-bond donors (Lipinski definition) is 2. The fourth-order valence-corrected chi connectivity index (χ4v) is 3.81. The van der Waals surface area contributed by atoms with E-state index in [9.17, 15) is 4.79 Å². The molecule has 1 amide bonds. The van der Waals surface area contributed by atoms with E-state index in [0.717, 1.165) is 16.0 Å². The minimum atomic E-state index is -0.291. The maximum absolute atomic E-state index is 12.4. The number of ether oxygens (including phenoxy) is 1. The molecule has 0 aliphatic carbocycles. The third-order valence-electron chi connectivity index (χ3n) is 3.16. The van der Waals surface area contributed by atoms with Gasteiger partial charge in [0.15, 0.2) is 4.34 Å². The Morgan fingerprint density at radius 1 is 1.28 bits per heavy atom. The summed E-state index contributed by atoms with van der Waals surface area (Å²) in [5.41, 5.74) is 0.679. The second-order valence-electron chi connectivity index (χ2n) is 5.83. The van der Waals surface area contributed by atoms with E-state index in [2.05, 4.69) is 34.7 Å². The summed E-state index contributed by atoms with van der Waals surface area (Å²) in [6.45, 7) is 9.44. The number of amides is 1. The average molecular weight is 381 g/mol. The third-order valence-corrected chi connectivity index (χ3v) is 5.22. The molecular formula is C17H24N4O2S2. The van der Waals surface area contributed by atoms with Crippen molar-refractivity contribution in [1.29, 1.82) is 0 Å². The first-order chi connectivity index (χ1) is 12.0. The molecule has 0 radical (unpaired) electrons. The van der Waals surface area contributed by atoms with Crippen molar-refractivity contribution in [3.05, 3.63) is 24.3 Å². The molecule has 0 aliphatic rings. The van der Waals surface area contributed by atoms with Crippen molar-refractivity contribution in [3.63, 3.8) is 0 Å². The van der Waals surface area contributed by atoms with Gasteiger partial charge < -0.3 is 15.4 Å². The van der Waals surface area contributed by atoms with Gasteiger partial charge in [0.05, 0.1) is 17.5 Å². The van der Waals surface area contributed by atoms with Gasteiger partial charge in [0, 0.05) is 6.54 Å². The van der Waals surface area contributed by atoms with Gasteiger partial charge in [0.2, 0.25) is 11.0 Å². The average Bonchev–Trinajstić information content (AvgIpc) is 3.02. The molecule has 2 N–H and O–H groups in total. The number of hydrogen-bond acceptors (Lipinski definition) is 7. The Balaban J connectivity index is 1.92. The van der Waals surface area contributed by atoms with Gasteiger partial charge in [0.25, 0.3) is 0 Å². The summed E-state index contributed by atoms with van der Waals surface area (Å²) in [6.07, 6.45) is 0. The SMILES string of the molecule is CCOc1ccccc1NC(=O)C(C)Sc1nnc(NCC(C)C)s1. The van der Waals surface area contributed by atoms with E-state index < -0.39 is 0 Å². The van der Waals surface area contributed by atoms with Crippen LogP contribution in [0.1, 0.15) is 27.7 Å². The lowest BCUT2D eigenvalue weighted by Gasteiger charge is -2.13. The van der Waals surface area contributed by atoms with Gasteiger partial charge in [-0.2, -0.15) is 0 Å². The number of aromatic nitrogens is 2. The normalized spacial score (nSPS) is 12.0. The van der Waals surface area contributed by atoms with Crippen LogP contribution in [0.5, 0.6) is 5.75 Å². The first-order valence-corrected chi connectivity index (χ1v) is 9.96. The lowest BCUT2D eigenvalue weighted by Crippen LogP contribution is -2.22. The Morgan fingerprint density at radius 2 is 2.04 bits per heavy atom. The van der Waals surface area contributed by atoms with E-state index >= 15 is 0 Å². The molecule has 2 rings (SSSR count). The van der Waals surface area contributed by atoms with E-state index in [-0.39, 0.29) is 11.2 Å². The molecular weight excluding hydrogens is 356 g/mol. The predicted molar refractivity (Wildman–Crippen MR) is 105 cm³/mol. The second-order valence-corrected chi connectivity index (χ2v) is 8.39. The molecule has 0 fully saturated rings. The van der Waals surface area contributed by atoms with Gasteiger partial charge in [-0.25, -0.2) is 0 Å². The molecule has 1 heterocycles. The maximum Gasteiger partial charge on any atom is 0.237 e. The molecule has 8 heteroatoms. The fraction of sp³-hybridized carbons (Fsp3) is 0.471. The number of nitrogens with zero attached hydrogens (tertiary/aromatic N) is 2. The summed E-state index contributed by atoms with van der Waals surface area (Å²) in [5.74, 6) is 1.12. The largest absolute Gasteiger partial charge is 0.492 e. The fourth-order valence-electron chi connectivity index (χ4n) is 1.91. The van der Waals surface area contributed by atoms with Crippen LogP contribution < -0.4 is 15.4 Å². The van der Waals surface area contributed by atoms with Crippen LogP contribution in [0.2, 0.25) is 0 Å². The molecule has 0 saturated carbocycles. The lowest BCUT2D eigenvalue weighted by molar-refractivity contribution is -0.115. The van der Waals surface area contributed by atoms with Crippen LogP contribution >= 0.6 is 23.1 Å². The Labute approximate surface area is 156 Å². The van der Waals surface area contributed by atoms with Crippen LogP contribution in [-0.4, -0.2) is 34.5 Å². The second kappa shape index (κ2) is 9.62. The van der Waals surface area contributed by atoms with Crippen molar-refractivity contribution in [1.82, 2.24) is 10.2 Å². The van der Waals surface area contributed by atoms with Crippen molar-refractivity contribution in [3.8, 4) is 5.75 Å². The smallest absolute Gasteiger partial charge is 0.237 e. The Kier molecular flexibility index (Phi) is 7.52. The number of thioether (sulfide) groups is 1. The van der Waals surface area contributed by atoms with Gasteiger partial charge in [-0.05, 0) is 31.9 Å². The highest BCUT2D eigenvalue weighted by molar-refractivity contribution is 8.02. The molecule has 0 spiro atoms. The molecule has 0 saturated heterocycles. The van der Waals surface area contributed by atoms with Crippen LogP contribution in [0.25, 0.3) is 0 Å². The van der Waals surface area contributed by atoms with Crippen LogP contribution in [-0.2, 0) is 4.79 Å². The minimum absolute atomic E-state index is 0.0935. The Hall–Kier alpha value is -1.80. The number of benzene rings is 1. The zero-order valence-electron chi connectivity index (χ0n) is 14.9. The number of anilines is 2. The number of carbonyl (C=O) groups excluding carboxylic acids is 1. The first-order valence-electron chi connectivity index (χ1n) is 8.26. The van der Waals surface area contributed by atoms with Crippen molar-refractivity contribution in [2.45, 2.75) is 37.3 Å². The van der Waals surface area contributed by atoms with Crippen LogP contribution in [0.15, 0.2) is 28.6 Å². The quantitative estimate of drug-likeness (QED) is 0.637. The summed E-state index contributed by atoms with van der Waals surface area (Å²) in [5, 5.41) is 14.9. The van der Waals surface area contributed by atoms with E-state index in [1.165, 1.54) is 23.1 Å². The standard InChI is InChI=1S/C17H24N4O2S2/c1-5-23-14-9-7-6-8-13(14)19-15(22)12(4)24-17-21-20-16(25-17)18-10-11(2)3/h6-9,11-12H,5,10H2,1-4H3,(H,18,20)(H,19,22). The zero-order valence-corrected chi connectivity index (χ0v) is 16.5. The Bertz CT molecular complexity index is 691. The van der Waals surface area contributed by atoms with Gasteiger partial charge in [-0.1, -0.05) is 49.1 Å².